The monoisotopic (exact) mass is 396 g/mol. The minimum atomic E-state index is -5.46. The van der Waals surface area contributed by atoms with E-state index in [1.807, 2.05) is 0 Å². The summed E-state index contributed by atoms with van der Waals surface area (Å²) in [6.07, 6.45) is 0. The molecule has 12 heteroatoms. The van der Waals surface area contributed by atoms with Crippen LogP contribution >= 0.6 is 0 Å². The molecule has 1 aromatic rings. The van der Waals surface area contributed by atoms with Gasteiger partial charge in [0.05, 0.1) is 21.2 Å². The van der Waals surface area contributed by atoms with Crippen molar-refractivity contribution < 1.29 is 33.4 Å². The lowest BCUT2D eigenvalue weighted by Crippen LogP contribution is -2.32. The average Bonchev–Trinajstić information content (AvgIpc) is 2.56. The molecular weight excluding hydrogens is 388 g/mol. The van der Waals surface area contributed by atoms with Crippen LogP contribution in [0.15, 0.2) is 24.1 Å². The number of rotatable bonds is 1. The molecule has 0 aromatic heterocycles. The highest BCUT2D eigenvalue weighted by Gasteiger charge is 2.29. The molecule has 0 heterocycles. The van der Waals surface area contributed by atoms with Crippen molar-refractivity contribution in [2.24, 2.45) is 0 Å². The second-order valence-electron chi connectivity index (χ2n) is 5.64. The van der Waals surface area contributed by atoms with E-state index in [9.17, 15) is 48.0 Å². The Bertz CT molecular complexity index is 1560. The maximum atomic E-state index is 12.6. The van der Waals surface area contributed by atoms with Gasteiger partial charge in [0.2, 0.25) is 21.7 Å². The first-order valence-electron chi connectivity index (χ1n) is 6.93. The molecule has 0 aliphatic heterocycles. The summed E-state index contributed by atoms with van der Waals surface area (Å²) in [7, 11) is -5.46. The first kappa shape index (κ1) is 18.3. The molecule has 0 saturated heterocycles. The molecule has 0 amide bonds. The van der Waals surface area contributed by atoms with Crippen molar-refractivity contribution in [2.75, 3.05) is 0 Å². The van der Waals surface area contributed by atoms with Gasteiger partial charge in [-0.05, 0) is 6.92 Å². The highest BCUT2D eigenvalue weighted by atomic mass is 32.2. The van der Waals surface area contributed by atoms with Gasteiger partial charge in [0.25, 0.3) is 0 Å². The Hall–Kier alpha value is -3.51. The van der Waals surface area contributed by atoms with Crippen LogP contribution in [0.3, 0.4) is 0 Å². The predicted molar refractivity (Wildman–Crippen MR) is 87.9 cm³/mol. The van der Waals surface area contributed by atoms with Gasteiger partial charge in [-0.2, -0.15) is 8.42 Å². The van der Waals surface area contributed by atoms with E-state index in [0.29, 0.717) is 0 Å². The molecule has 0 radical (unpaired) electrons. The lowest BCUT2D eigenvalue weighted by molar-refractivity contribution is 0.398. The van der Waals surface area contributed by atoms with Gasteiger partial charge >= 0.3 is 10.1 Å². The van der Waals surface area contributed by atoms with Crippen LogP contribution in [-0.2, 0) is 10.1 Å². The largest absolute Gasteiger partial charge is 0.507 e. The molecule has 0 atom stereocenters. The van der Waals surface area contributed by atoms with Crippen molar-refractivity contribution in [3.05, 3.63) is 56.9 Å². The average molecular weight is 396 g/mol. The topological polar surface area (TPSA) is 204 Å². The number of phenolic OH excluding ortho intramolecular Hbond substituents is 3. The minimum Gasteiger partial charge on any atom is -0.507 e. The maximum absolute atomic E-state index is 12.6. The molecule has 3 rings (SSSR count). The van der Waals surface area contributed by atoms with Crippen molar-refractivity contribution in [3.8, 4) is 23.0 Å². The van der Waals surface area contributed by atoms with Crippen LogP contribution in [0, 0.1) is 17.4 Å². The van der Waals surface area contributed by atoms with Crippen molar-refractivity contribution in [2.45, 2.75) is 11.8 Å². The second-order valence-corrected chi connectivity index (χ2v) is 7.00. The second kappa shape index (κ2) is 5.25. The zero-order valence-electron chi connectivity index (χ0n) is 13.1. The third kappa shape index (κ3) is 2.14. The van der Waals surface area contributed by atoms with Crippen LogP contribution in [0.1, 0.15) is 5.56 Å². The molecular formula is C15H8O11S. The van der Waals surface area contributed by atoms with Gasteiger partial charge in [-0.15, -0.1) is 0 Å². The fourth-order valence-corrected chi connectivity index (χ4v) is 3.54. The molecule has 0 unspecified atom stereocenters. The van der Waals surface area contributed by atoms with E-state index in [1.54, 1.807) is 0 Å². The Labute approximate surface area is 146 Å². The first-order chi connectivity index (χ1) is 12.3. The van der Waals surface area contributed by atoms with E-state index >= 15 is 0 Å². The molecule has 2 aliphatic rings. The quantitative estimate of drug-likeness (QED) is 0.177. The Morgan fingerprint density at radius 1 is 0.630 bits per heavy atom. The van der Waals surface area contributed by atoms with Crippen LogP contribution < -0.4 is 21.7 Å². The summed E-state index contributed by atoms with van der Waals surface area (Å²) in [5.41, 5.74) is -7.03. The van der Waals surface area contributed by atoms with Gasteiger partial charge in [-0.3, -0.25) is 23.7 Å². The van der Waals surface area contributed by atoms with E-state index in [0.717, 1.165) is 6.92 Å². The number of aromatic hydroxyl groups is 4. The predicted octanol–water partition coefficient (Wildman–Crippen LogP) is -1.74. The summed E-state index contributed by atoms with van der Waals surface area (Å²) < 4.78 is 31.6. The molecule has 140 valence electrons. The Morgan fingerprint density at radius 3 is 1.56 bits per heavy atom. The molecule has 0 bridgehead atoms. The summed E-state index contributed by atoms with van der Waals surface area (Å²) in [5, 5.41) is 35.0. The third-order valence-electron chi connectivity index (χ3n) is 4.17. The fraction of sp³-hybridized carbons (Fsp3) is 0.0667. The smallest absolute Gasteiger partial charge is 0.302 e. The lowest BCUT2D eigenvalue weighted by atomic mass is 9.99. The van der Waals surface area contributed by atoms with Crippen LogP contribution in [0.2, 0.25) is 0 Å². The highest BCUT2D eigenvalue weighted by Crippen LogP contribution is 2.40. The molecule has 0 spiro atoms. The molecule has 5 N–H and O–H groups in total. The number of benzene rings is 1. The van der Waals surface area contributed by atoms with Crippen molar-refractivity contribution >= 4 is 20.9 Å². The molecule has 27 heavy (non-hydrogen) atoms. The molecule has 0 fully saturated rings. The number of hydrogen-bond donors (Lipinski definition) is 5. The first-order valence-corrected chi connectivity index (χ1v) is 8.37. The van der Waals surface area contributed by atoms with E-state index in [4.69, 9.17) is 4.55 Å². The standard InChI is InChI=1S/C15H8O11S/c1-2-7(16)3-4(11(20)8(2)17)10(19)6-5(9(3)18)12(21)14(23)15(13(6)22)27(24,25)26/h16-17,20,23H,1H3,(H,24,25,26). The van der Waals surface area contributed by atoms with Gasteiger partial charge in [0, 0.05) is 5.56 Å². The molecule has 11 nitrogen and oxygen atoms in total. The summed E-state index contributed by atoms with van der Waals surface area (Å²) in [5.74, 6) is -4.91. The van der Waals surface area contributed by atoms with Gasteiger partial charge in [0.1, 0.15) is 5.75 Å². The van der Waals surface area contributed by atoms with Crippen LogP contribution in [0.4, 0.5) is 0 Å². The highest BCUT2D eigenvalue weighted by molar-refractivity contribution is 7.86. The van der Waals surface area contributed by atoms with Crippen LogP contribution in [-0.4, -0.2) is 33.4 Å². The summed E-state index contributed by atoms with van der Waals surface area (Å²) in [6, 6.07) is 0. The summed E-state index contributed by atoms with van der Waals surface area (Å²) in [6.45, 7) is 1.08. The van der Waals surface area contributed by atoms with Gasteiger partial charge in [0.15, 0.2) is 22.1 Å². The van der Waals surface area contributed by atoms with E-state index in [1.165, 1.54) is 0 Å². The van der Waals surface area contributed by atoms with Crippen molar-refractivity contribution in [1.82, 2.24) is 0 Å². The van der Waals surface area contributed by atoms with E-state index in [-0.39, 0.29) is 0 Å². The Morgan fingerprint density at radius 2 is 1.07 bits per heavy atom. The normalized spacial score (nSPS) is 12.1. The van der Waals surface area contributed by atoms with Gasteiger partial charge in [-0.1, -0.05) is 0 Å². The number of phenols is 3. The lowest BCUT2D eigenvalue weighted by Gasteiger charge is -2.09. The fourth-order valence-electron chi connectivity index (χ4n) is 2.87. The van der Waals surface area contributed by atoms with E-state index < -0.39 is 86.5 Å². The van der Waals surface area contributed by atoms with Crippen LogP contribution in [0.5, 0.6) is 23.0 Å². The zero-order chi connectivity index (χ0) is 20.6. The van der Waals surface area contributed by atoms with Gasteiger partial charge in [-0.25, -0.2) is 0 Å². The molecule has 1 aromatic carbocycles. The van der Waals surface area contributed by atoms with Crippen molar-refractivity contribution in [3.63, 3.8) is 0 Å². The minimum absolute atomic E-state index is 0.413. The molecule has 2 aliphatic carbocycles. The number of fused-ring (bicyclic) bond motifs is 1. The summed E-state index contributed by atoms with van der Waals surface area (Å²) in [4.78, 5) is 48.0. The Balaban J connectivity index is 3.00. The Kier molecular flexibility index (Phi) is 3.55. The van der Waals surface area contributed by atoms with Gasteiger partial charge < -0.3 is 20.4 Å². The third-order valence-corrected chi connectivity index (χ3v) is 5.06. The zero-order valence-corrected chi connectivity index (χ0v) is 13.9. The van der Waals surface area contributed by atoms with Crippen LogP contribution in [0.25, 0.3) is 10.8 Å². The number of hydrogen-bond acceptors (Lipinski definition) is 10. The SMILES string of the molecule is Cc1c(O)c(O)c2c(=O)c3c(=O)c(S(=O)(=O)O)c(O)c(=O)c=3c(=O)c2c1O. The van der Waals surface area contributed by atoms with E-state index in [2.05, 4.69) is 0 Å². The molecule has 0 saturated carbocycles. The van der Waals surface area contributed by atoms with Crippen molar-refractivity contribution in [1.29, 1.82) is 0 Å². The summed E-state index contributed by atoms with van der Waals surface area (Å²) >= 11 is 0. The maximum Gasteiger partial charge on any atom is 0.302 e.